The fraction of sp³-hybridized carbons (Fsp3) is 0.200. The number of carbonyl (C=O) groups excluding carboxylic acids is 2. The second-order valence-electron chi connectivity index (χ2n) is 10.2. The van der Waals surface area contributed by atoms with Crippen molar-refractivity contribution in [2.24, 2.45) is 0 Å². The molecule has 6 rings (SSSR count). The predicted molar refractivity (Wildman–Crippen MR) is 166 cm³/mol. The maximum atomic E-state index is 13.8. The molecule has 0 radical (unpaired) electrons. The zero-order chi connectivity index (χ0) is 29.4. The van der Waals surface area contributed by atoms with Gasteiger partial charge < -0.3 is 19.5 Å². The molecule has 2 aliphatic rings. The zero-order valence-corrected chi connectivity index (χ0v) is 25.2. The summed E-state index contributed by atoms with van der Waals surface area (Å²) in [5, 5.41) is 5.61. The molecule has 0 saturated carbocycles. The van der Waals surface area contributed by atoms with Crippen molar-refractivity contribution in [3.63, 3.8) is 0 Å². The van der Waals surface area contributed by atoms with Gasteiger partial charge in [-0.1, -0.05) is 66.7 Å². The molecule has 1 aliphatic heterocycles. The summed E-state index contributed by atoms with van der Waals surface area (Å²) in [5.41, 5.74) is 5.49. The van der Waals surface area contributed by atoms with Crippen LogP contribution in [0.15, 0.2) is 100 Å². The summed E-state index contributed by atoms with van der Waals surface area (Å²) in [6, 6.07) is 25.6. The first-order chi connectivity index (χ1) is 20.4. The van der Waals surface area contributed by atoms with E-state index in [2.05, 4.69) is 45.5 Å². The van der Waals surface area contributed by atoms with Gasteiger partial charge in [0.1, 0.15) is 6.61 Å². The standard InChI is InChI=1S/C35H30BrNO5/c1-4-40-28-18-23(17-27(36)34(28)42-19-22-13-10-12-21-11-6-7-14-24(21)22)30-29(35(39)41-5-2)20(3)37-32-25-15-8-9-16-26(25)33(38)31(30)32/h6-18,30,37H,4-5,19H2,1-3H3/t30-/m0/s1. The summed E-state index contributed by atoms with van der Waals surface area (Å²) >= 11 is 3.72. The van der Waals surface area contributed by atoms with E-state index in [4.69, 9.17) is 14.2 Å². The van der Waals surface area contributed by atoms with Crippen molar-refractivity contribution in [2.75, 3.05) is 13.2 Å². The first-order valence-electron chi connectivity index (χ1n) is 14.0. The van der Waals surface area contributed by atoms with Gasteiger partial charge in [-0.3, -0.25) is 4.79 Å². The largest absolute Gasteiger partial charge is 0.490 e. The van der Waals surface area contributed by atoms with E-state index < -0.39 is 11.9 Å². The monoisotopic (exact) mass is 623 g/mol. The van der Waals surface area contributed by atoms with Crippen LogP contribution in [0.2, 0.25) is 0 Å². The molecule has 1 N–H and O–H groups in total. The van der Waals surface area contributed by atoms with Crippen LogP contribution in [0, 0.1) is 0 Å². The van der Waals surface area contributed by atoms with Crippen molar-refractivity contribution < 1.29 is 23.8 Å². The van der Waals surface area contributed by atoms with E-state index in [0.717, 1.165) is 33.2 Å². The normalized spacial score (nSPS) is 15.8. The lowest BCUT2D eigenvalue weighted by Crippen LogP contribution is -2.29. The van der Waals surface area contributed by atoms with Crippen LogP contribution < -0.4 is 14.8 Å². The summed E-state index contributed by atoms with van der Waals surface area (Å²) in [5.74, 6) is -0.170. The molecule has 6 nitrogen and oxygen atoms in total. The van der Waals surface area contributed by atoms with Crippen LogP contribution in [0.3, 0.4) is 0 Å². The second-order valence-corrected chi connectivity index (χ2v) is 11.0. The first kappa shape index (κ1) is 27.8. The molecule has 7 heteroatoms. The maximum Gasteiger partial charge on any atom is 0.336 e. The molecule has 0 amide bonds. The molecule has 0 unspecified atom stereocenters. The minimum Gasteiger partial charge on any atom is -0.490 e. The Balaban J connectivity index is 1.44. The minimum atomic E-state index is -0.664. The van der Waals surface area contributed by atoms with Crippen LogP contribution in [-0.4, -0.2) is 25.0 Å². The first-order valence-corrected chi connectivity index (χ1v) is 14.8. The number of rotatable bonds is 8. The van der Waals surface area contributed by atoms with Gasteiger partial charge in [0.25, 0.3) is 0 Å². The number of dihydropyridines is 1. The molecule has 1 aliphatic carbocycles. The Hall–Kier alpha value is -4.36. The molecule has 1 heterocycles. The number of halogens is 1. The van der Waals surface area contributed by atoms with Crippen molar-refractivity contribution in [3.8, 4) is 11.5 Å². The molecule has 4 aromatic carbocycles. The molecule has 0 fully saturated rings. The third-order valence-electron chi connectivity index (χ3n) is 7.66. The van der Waals surface area contributed by atoms with Crippen LogP contribution in [0.4, 0.5) is 0 Å². The second kappa shape index (κ2) is 11.5. The molecule has 0 spiro atoms. The number of Topliss-reactive ketones (excluding diaryl/α,β-unsaturated/α-hetero) is 1. The maximum absolute atomic E-state index is 13.8. The van der Waals surface area contributed by atoms with Crippen molar-refractivity contribution in [1.82, 2.24) is 5.32 Å². The van der Waals surface area contributed by atoms with Crippen LogP contribution >= 0.6 is 15.9 Å². The van der Waals surface area contributed by atoms with Crippen molar-refractivity contribution in [3.05, 3.63) is 122 Å². The van der Waals surface area contributed by atoms with Gasteiger partial charge in [-0.25, -0.2) is 4.79 Å². The molecular weight excluding hydrogens is 594 g/mol. The summed E-state index contributed by atoms with van der Waals surface area (Å²) in [6.07, 6.45) is 0. The van der Waals surface area contributed by atoms with Gasteiger partial charge in [-0.15, -0.1) is 0 Å². The van der Waals surface area contributed by atoms with E-state index in [1.54, 1.807) is 6.92 Å². The van der Waals surface area contributed by atoms with E-state index in [1.807, 2.05) is 68.4 Å². The molecule has 0 bridgehead atoms. The molecule has 0 saturated heterocycles. The van der Waals surface area contributed by atoms with Gasteiger partial charge in [0, 0.05) is 28.3 Å². The van der Waals surface area contributed by atoms with Crippen molar-refractivity contribution >= 4 is 44.2 Å². The Morgan fingerprint density at radius 1 is 0.905 bits per heavy atom. The van der Waals surface area contributed by atoms with Crippen LogP contribution in [0.25, 0.3) is 16.5 Å². The number of nitrogens with one attached hydrogen (secondary N) is 1. The van der Waals surface area contributed by atoms with Crippen LogP contribution in [0.1, 0.15) is 53.7 Å². The number of allylic oxidation sites excluding steroid dienone is 2. The number of hydrogen-bond acceptors (Lipinski definition) is 6. The Morgan fingerprint density at radius 2 is 1.64 bits per heavy atom. The highest BCUT2D eigenvalue weighted by Crippen LogP contribution is 2.49. The Kier molecular flexibility index (Phi) is 7.60. The highest BCUT2D eigenvalue weighted by atomic mass is 79.9. The van der Waals surface area contributed by atoms with Crippen molar-refractivity contribution in [2.45, 2.75) is 33.3 Å². The van der Waals surface area contributed by atoms with Crippen molar-refractivity contribution in [1.29, 1.82) is 0 Å². The van der Waals surface area contributed by atoms with Gasteiger partial charge in [-0.2, -0.15) is 0 Å². The van der Waals surface area contributed by atoms with E-state index in [-0.39, 0.29) is 12.4 Å². The highest BCUT2D eigenvalue weighted by molar-refractivity contribution is 9.10. The van der Waals surface area contributed by atoms with Gasteiger partial charge >= 0.3 is 5.97 Å². The van der Waals surface area contributed by atoms with E-state index in [0.29, 0.717) is 51.6 Å². The fourth-order valence-corrected chi connectivity index (χ4v) is 6.44. The number of esters is 1. The SMILES string of the molecule is CCOC(=O)C1=C(C)NC2=C(C(=O)c3ccccc32)[C@H]1c1cc(Br)c(OCc2cccc3ccccc23)c(OCC)c1. The third kappa shape index (κ3) is 4.77. The smallest absolute Gasteiger partial charge is 0.336 e. The zero-order valence-electron chi connectivity index (χ0n) is 23.6. The van der Waals surface area contributed by atoms with E-state index in [9.17, 15) is 9.59 Å². The summed E-state index contributed by atoms with van der Waals surface area (Å²) in [4.78, 5) is 27.2. The lowest BCUT2D eigenvalue weighted by atomic mass is 9.79. The molecular formula is C35H30BrNO5. The summed E-state index contributed by atoms with van der Waals surface area (Å²) in [7, 11) is 0. The van der Waals surface area contributed by atoms with Gasteiger partial charge in [0.2, 0.25) is 0 Å². The number of ether oxygens (including phenoxy) is 3. The average Bonchev–Trinajstić information content (AvgIpc) is 3.27. The number of benzene rings is 4. The molecule has 0 aromatic heterocycles. The van der Waals surface area contributed by atoms with Gasteiger partial charge in [0.15, 0.2) is 17.3 Å². The highest BCUT2D eigenvalue weighted by Gasteiger charge is 2.43. The van der Waals surface area contributed by atoms with Crippen LogP contribution in [-0.2, 0) is 16.1 Å². The number of ketones is 1. The van der Waals surface area contributed by atoms with E-state index in [1.165, 1.54) is 0 Å². The predicted octanol–water partition coefficient (Wildman–Crippen LogP) is 7.71. The average molecular weight is 625 g/mol. The summed E-state index contributed by atoms with van der Waals surface area (Å²) in [6.45, 7) is 6.48. The topological polar surface area (TPSA) is 73.9 Å². The number of hydrogen-bond donors (Lipinski definition) is 1. The van der Waals surface area contributed by atoms with E-state index >= 15 is 0 Å². The van der Waals surface area contributed by atoms with Gasteiger partial charge in [-0.05, 0) is 70.7 Å². The van der Waals surface area contributed by atoms with Crippen LogP contribution in [0.5, 0.6) is 11.5 Å². The fourth-order valence-electron chi connectivity index (χ4n) is 5.87. The third-order valence-corrected chi connectivity index (χ3v) is 8.25. The molecule has 42 heavy (non-hydrogen) atoms. The lowest BCUT2D eigenvalue weighted by Gasteiger charge is -2.30. The Morgan fingerprint density at radius 3 is 2.43 bits per heavy atom. The minimum absolute atomic E-state index is 0.113. The number of carbonyl (C=O) groups is 2. The Bertz CT molecular complexity index is 1800. The van der Waals surface area contributed by atoms with Gasteiger partial charge in [0.05, 0.1) is 29.0 Å². The molecule has 1 atom stereocenters. The Labute approximate surface area is 253 Å². The molecule has 212 valence electrons. The summed E-state index contributed by atoms with van der Waals surface area (Å²) < 4.78 is 18.6. The number of fused-ring (bicyclic) bond motifs is 3. The molecule has 4 aromatic rings. The lowest BCUT2D eigenvalue weighted by molar-refractivity contribution is -0.138. The quantitative estimate of drug-likeness (QED) is 0.203.